The van der Waals surface area contributed by atoms with Gasteiger partial charge in [0.1, 0.15) is 24.2 Å². The topological polar surface area (TPSA) is 160 Å². The molecule has 4 amide bonds. The lowest BCUT2D eigenvalue weighted by Crippen LogP contribution is -2.58. The van der Waals surface area contributed by atoms with Crippen LogP contribution in [-0.4, -0.2) is 99.5 Å². The number of hydrogen-bond donors (Lipinski definition) is 3. The molecule has 2 unspecified atom stereocenters. The quantitative estimate of drug-likeness (QED) is 0.191. The number of thioether (sulfide) groups is 2. The van der Waals surface area contributed by atoms with E-state index in [1.165, 1.54) is 0 Å². The Morgan fingerprint density at radius 3 is 2.21 bits per heavy atom. The molecule has 0 aromatic carbocycles. The molecular weight excluding hydrogens is 645 g/mol. The molecule has 47 heavy (non-hydrogen) atoms. The fourth-order valence-corrected chi connectivity index (χ4v) is 9.52. The Bertz CT molecular complexity index is 1130. The largest absolute Gasteiger partial charge is 0.459 e. The third-order valence-corrected chi connectivity index (χ3v) is 11.7. The summed E-state index contributed by atoms with van der Waals surface area (Å²) < 4.78 is 10.2. The average Bonchev–Trinajstić information content (AvgIpc) is 3.39. The minimum absolute atomic E-state index is 0.0853. The molecule has 1 spiro atoms. The molecule has 3 N–H and O–H groups in total. The number of ether oxygens (including phenoxy) is 2. The first kappa shape index (κ1) is 39.0. The van der Waals surface area contributed by atoms with Crippen molar-refractivity contribution in [3.8, 4) is 0 Å². The Morgan fingerprint density at radius 1 is 0.957 bits per heavy atom. The molecule has 0 radical (unpaired) electrons. The van der Waals surface area contributed by atoms with Gasteiger partial charge in [0.2, 0.25) is 17.6 Å². The van der Waals surface area contributed by atoms with E-state index >= 15 is 0 Å². The first-order valence-corrected chi connectivity index (χ1v) is 19.0. The Balaban J connectivity index is 1.81. The number of carbonyl (C=O) groups is 6. The molecular formula is C33H54N4O8S2. The van der Waals surface area contributed by atoms with Crippen LogP contribution >= 0.6 is 23.5 Å². The second kappa shape index (κ2) is 17.8. The van der Waals surface area contributed by atoms with Gasteiger partial charge in [0, 0.05) is 13.0 Å². The van der Waals surface area contributed by atoms with Crippen molar-refractivity contribution in [1.82, 2.24) is 20.9 Å². The van der Waals surface area contributed by atoms with E-state index < -0.39 is 59.9 Å². The van der Waals surface area contributed by atoms with Crippen LogP contribution in [0.3, 0.4) is 0 Å². The molecule has 0 bridgehead atoms. The van der Waals surface area contributed by atoms with Crippen LogP contribution in [0.5, 0.6) is 0 Å². The summed E-state index contributed by atoms with van der Waals surface area (Å²) in [6.07, 6.45) is 6.01. The zero-order valence-corrected chi connectivity index (χ0v) is 30.4. The van der Waals surface area contributed by atoms with Crippen LogP contribution in [0.1, 0.15) is 99.3 Å². The lowest BCUT2D eigenvalue weighted by atomic mass is 9.83. The smallest absolute Gasteiger partial charge is 0.407 e. The van der Waals surface area contributed by atoms with E-state index in [2.05, 4.69) is 16.0 Å². The molecule has 1 saturated carbocycles. The average molecular weight is 699 g/mol. The van der Waals surface area contributed by atoms with Gasteiger partial charge >= 0.3 is 12.1 Å². The van der Waals surface area contributed by atoms with Crippen LogP contribution in [0, 0.1) is 11.8 Å². The highest BCUT2D eigenvalue weighted by molar-refractivity contribution is 8.18. The van der Waals surface area contributed by atoms with Gasteiger partial charge in [-0.3, -0.25) is 24.0 Å². The van der Waals surface area contributed by atoms with Crippen molar-refractivity contribution >= 4 is 59.1 Å². The van der Waals surface area contributed by atoms with E-state index in [-0.39, 0.29) is 34.8 Å². The van der Waals surface area contributed by atoms with Crippen molar-refractivity contribution in [1.29, 1.82) is 0 Å². The Morgan fingerprint density at radius 2 is 1.62 bits per heavy atom. The lowest BCUT2D eigenvalue weighted by Gasteiger charge is -2.35. The summed E-state index contributed by atoms with van der Waals surface area (Å²) in [5, 5.41) is 7.94. The molecule has 3 rings (SSSR count). The van der Waals surface area contributed by atoms with E-state index in [0.717, 1.165) is 50.0 Å². The summed E-state index contributed by atoms with van der Waals surface area (Å²) in [7, 11) is 0. The van der Waals surface area contributed by atoms with E-state index in [1.807, 2.05) is 20.8 Å². The lowest BCUT2D eigenvalue weighted by molar-refractivity contribution is -0.155. The molecule has 2 heterocycles. The number of nitrogens with zero attached hydrogens (tertiary/aromatic N) is 1. The number of rotatable bonds is 13. The van der Waals surface area contributed by atoms with Crippen molar-refractivity contribution in [2.45, 2.75) is 127 Å². The normalized spacial score (nSPS) is 21.1. The second-order valence-corrected chi connectivity index (χ2v) is 17.4. The summed E-state index contributed by atoms with van der Waals surface area (Å²) in [6, 6.07) is -2.87. The van der Waals surface area contributed by atoms with E-state index in [9.17, 15) is 28.8 Å². The van der Waals surface area contributed by atoms with Gasteiger partial charge in [-0.2, -0.15) is 0 Å². The van der Waals surface area contributed by atoms with E-state index in [0.29, 0.717) is 19.4 Å². The van der Waals surface area contributed by atoms with Gasteiger partial charge in [0.15, 0.2) is 0 Å². The zero-order chi connectivity index (χ0) is 34.8. The molecule has 12 nitrogen and oxygen atoms in total. The van der Waals surface area contributed by atoms with Gasteiger partial charge in [-0.1, -0.05) is 46.5 Å². The number of alkyl carbamates (subject to hydrolysis) is 1. The summed E-state index contributed by atoms with van der Waals surface area (Å²) in [6.45, 7) is 10.9. The van der Waals surface area contributed by atoms with Crippen molar-refractivity contribution in [2.24, 2.45) is 11.8 Å². The number of Topliss-reactive ketones (excluding diaryl/α,β-unsaturated/α-hetero) is 1. The number of esters is 1. The summed E-state index contributed by atoms with van der Waals surface area (Å²) in [5.74, 6) is -1.53. The van der Waals surface area contributed by atoms with E-state index in [1.54, 1.807) is 49.2 Å². The third kappa shape index (κ3) is 11.9. The minimum Gasteiger partial charge on any atom is -0.459 e. The van der Waals surface area contributed by atoms with Gasteiger partial charge in [-0.25, -0.2) is 4.79 Å². The molecule has 2 saturated heterocycles. The summed E-state index contributed by atoms with van der Waals surface area (Å²) in [4.78, 5) is 81.0. The fraction of sp³-hybridized carbons (Fsp3) is 0.818. The molecule has 0 aromatic rings. The maximum atomic E-state index is 14.4. The maximum absolute atomic E-state index is 14.4. The molecule has 1 aliphatic carbocycles. The van der Waals surface area contributed by atoms with Gasteiger partial charge in [-0.05, 0) is 69.8 Å². The Hall–Kier alpha value is -2.48. The highest BCUT2D eigenvalue weighted by atomic mass is 32.2. The highest BCUT2D eigenvalue weighted by Gasteiger charge is 2.52. The van der Waals surface area contributed by atoms with Gasteiger partial charge in [0.05, 0.1) is 16.7 Å². The minimum atomic E-state index is -1.13. The molecule has 14 heteroatoms. The predicted octanol–water partition coefficient (Wildman–Crippen LogP) is 3.80. The van der Waals surface area contributed by atoms with Crippen LogP contribution in [0.2, 0.25) is 0 Å². The first-order valence-electron chi connectivity index (χ1n) is 17.0. The van der Waals surface area contributed by atoms with Gasteiger partial charge < -0.3 is 30.3 Å². The molecule has 2 aliphatic heterocycles. The Kier molecular flexibility index (Phi) is 14.7. The van der Waals surface area contributed by atoms with Gasteiger partial charge in [0.25, 0.3) is 5.91 Å². The van der Waals surface area contributed by atoms with E-state index in [4.69, 9.17) is 9.47 Å². The standard InChI is InChI=1S/C33H54N4O8S2/c1-7-12-23(27(39)29(41)34-18-25(38)45-32(4,5)6)35-28(40)24-17-33(46-15-11-16-47-33)20-37(24)30(42)26(22-13-9-8-10-14-22)36-31(43)44-19-21(2)3/h21-24,26H,7-20H2,1-6H3,(H,34,41)(H,35,40)(H,36,43)/t23?,24-,26?/m0/s1. The molecule has 3 atom stereocenters. The van der Waals surface area contributed by atoms with Crippen molar-refractivity contribution in [2.75, 3.05) is 31.2 Å². The molecule has 3 aliphatic rings. The predicted molar refractivity (Wildman–Crippen MR) is 183 cm³/mol. The van der Waals surface area contributed by atoms with Crippen LogP contribution in [0.25, 0.3) is 0 Å². The van der Waals surface area contributed by atoms with Crippen molar-refractivity contribution < 1.29 is 38.2 Å². The number of nitrogens with one attached hydrogen (secondary N) is 3. The molecule has 0 aromatic heterocycles. The third-order valence-electron chi connectivity index (χ3n) is 8.35. The monoisotopic (exact) mass is 698 g/mol. The highest BCUT2D eigenvalue weighted by Crippen LogP contribution is 2.50. The van der Waals surface area contributed by atoms with Crippen LogP contribution < -0.4 is 16.0 Å². The van der Waals surface area contributed by atoms with Gasteiger partial charge in [-0.15, -0.1) is 23.5 Å². The maximum Gasteiger partial charge on any atom is 0.407 e. The van der Waals surface area contributed by atoms with Crippen LogP contribution in [0.15, 0.2) is 0 Å². The van der Waals surface area contributed by atoms with Crippen molar-refractivity contribution in [3.63, 3.8) is 0 Å². The number of ketones is 1. The SMILES string of the molecule is CCCC(NC(=O)[C@@H]1CC2(CN1C(=O)C(NC(=O)OCC(C)C)C1CCCCC1)SCCCS2)C(=O)C(=O)NCC(=O)OC(C)(C)C. The van der Waals surface area contributed by atoms with Crippen LogP contribution in [0.4, 0.5) is 4.79 Å². The second-order valence-electron chi connectivity index (χ2n) is 14.1. The summed E-state index contributed by atoms with van der Waals surface area (Å²) in [5.41, 5.74) is -0.749. The molecule has 266 valence electrons. The number of likely N-dealkylation sites (tertiary alicyclic amines) is 1. The fourth-order valence-electron chi connectivity index (χ4n) is 6.17. The van der Waals surface area contributed by atoms with Crippen molar-refractivity contribution in [3.05, 3.63) is 0 Å². The molecule has 3 fully saturated rings. The first-order chi connectivity index (χ1) is 22.1. The number of hydrogen-bond acceptors (Lipinski definition) is 10. The number of carbonyl (C=O) groups excluding carboxylic acids is 6. The van der Waals surface area contributed by atoms with Crippen LogP contribution in [-0.2, 0) is 33.4 Å². The zero-order valence-electron chi connectivity index (χ0n) is 28.8. The Labute approximate surface area is 287 Å². The summed E-state index contributed by atoms with van der Waals surface area (Å²) >= 11 is 3.49. The number of amides is 4.